The van der Waals surface area contributed by atoms with E-state index in [1.54, 1.807) is 26.3 Å². The number of aromatic nitrogens is 1. The summed E-state index contributed by atoms with van der Waals surface area (Å²) >= 11 is 0. The quantitative estimate of drug-likeness (QED) is 0.812. The van der Waals surface area contributed by atoms with E-state index in [4.69, 9.17) is 9.47 Å². The summed E-state index contributed by atoms with van der Waals surface area (Å²) in [5.41, 5.74) is 3.64. The van der Waals surface area contributed by atoms with Gasteiger partial charge in [-0.2, -0.15) is 0 Å². The number of methoxy groups -OCH3 is 1. The Labute approximate surface area is 158 Å². The van der Waals surface area contributed by atoms with Crippen molar-refractivity contribution in [1.82, 2.24) is 4.98 Å². The SMILES string of the molecule is CCOC(=O)Nc1cc2c(cn1)N=C(CN(C)c1ccc(OC)cc1)CN2. The van der Waals surface area contributed by atoms with E-state index in [9.17, 15) is 4.79 Å². The molecule has 2 aromatic rings. The van der Waals surface area contributed by atoms with E-state index in [0.29, 0.717) is 25.5 Å². The number of nitrogens with one attached hydrogen (secondary N) is 2. The predicted molar refractivity (Wildman–Crippen MR) is 107 cm³/mol. The number of hydrogen-bond acceptors (Lipinski definition) is 7. The van der Waals surface area contributed by atoms with E-state index in [-0.39, 0.29) is 0 Å². The zero-order valence-electron chi connectivity index (χ0n) is 15.7. The third-order valence-electron chi connectivity index (χ3n) is 4.08. The predicted octanol–water partition coefficient (Wildman–Crippen LogP) is 3.29. The maximum absolute atomic E-state index is 11.5. The fourth-order valence-electron chi connectivity index (χ4n) is 2.72. The van der Waals surface area contributed by atoms with Gasteiger partial charge in [0.05, 0.1) is 44.4 Å². The summed E-state index contributed by atoms with van der Waals surface area (Å²) in [5.74, 6) is 1.25. The molecule has 8 nitrogen and oxygen atoms in total. The molecule has 0 fully saturated rings. The van der Waals surface area contributed by atoms with Gasteiger partial charge in [-0.25, -0.2) is 9.78 Å². The van der Waals surface area contributed by atoms with E-state index < -0.39 is 6.09 Å². The van der Waals surface area contributed by atoms with Crippen molar-refractivity contribution < 1.29 is 14.3 Å². The number of anilines is 3. The summed E-state index contributed by atoms with van der Waals surface area (Å²) in [6, 6.07) is 9.64. The second-order valence-corrected chi connectivity index (χ2v) is 6.02. The Morgan fingerprint density at radius 2 is 2.11 bits per heavy atom. The molecule has 0 aliphatic carbocycles. The summed E-state index contributed by atoms with van der Waals surface area (Å²) in [7, 11) is 3.67. The van der Waals surface area contributed by atoms with Crippen LogP contribution in [0.25, 0.3) is 0 Å². The van der Waals surface area contributed by atoms with Crippen LogP contribution in [-0.2, 0) is 4.74 Å². The number of benzene rings is 1. The van der Waals surface area contributed by atoms with Gasteiger partial charge in [-0.3, -0.25) is 10.3 Å². The first-order chi connectivity index (χ1) is 13.1. The van der Waals surface area contributed by atoms with Crippen molar-refractivity contribution in [3.8, 4) is 5.75 Å². The number of carbonyl (C=O) groups excluding carboxylic acids is 1. The lowest BCUT2D eigenvalue weighted by Gasteiger charge is -2.24. The highest BCUT2D eigenvalue weighted by molar-refractivity contribution is 5.98. The Morgan fingerprint density at radius 3 is 2.81 bits per heavy atom. The van der Waals surface area contributed by atoms with Gasteiger partial charge in [-0.1, -0.05) is 0 Å². The van der Waals surface area contributed by atoms with Crippen molar-refractivity contribution in [3.63, 3.8) is 0 Å². The van der Waals surface area contributed by atoms with Gasteiger partial charge in [-0.05, 0) is 31.2 Å². The molecule has 1 aromatic carbocycles. The van der Waals surface area contributed by atoms with Crippen LogP contribution in [0.4, 0.5) is 27.7 Å². The minimum atomic E-state index is -0.522. The molecule has 142 valence electrons. The molecule has 2 N–H and O–H groups in total. The van der Waals surface area contributed by atoms with Crippen molar-refractivity contribution >= 4 is 34.7 Å². The zero-order valence-corrected chi connectivity index (χ0v) is 15.7. The second-order valence-electron chi connectivity index (χ2n) is 6.02. The average molecular weight is 369 g/mol. The molecule has 0 saturated carbocycles. The molecule has 3 rings (SSSR count). The monoisotopic (exact) mass is 369 g/mol. The first-order valence-corrected chi connectivity index (χ1v) is 8.68. The number of amides is 1. The Hall–Kier alpha value is -3.29. The van der Waals surface area contributed by atoms with Crippen LogP contribution < -0.4 is 20.3 Å². The average Bonchev–Trinajstić information content (AvgIpc) is 2.68. The largest absolute Gasteiger partial charge is 0.497 e. The molecule has 1 aliphatic heterocycles. The summed E-state index contributed by atoms with van der Waals surface area (Å²) in [5, 5.41) is 5.91. The highest BCUT2D eigenvalue weighted by atomic mass is 16.5. The maximum Gasteiger partial charge on any atom is 0.412 e. The molecule has 0 spiro atoms. The van der Waals surface area contributed by atoms with Gasteiger partial charge in [0.2, 0.25) is 0 Å². The summed E-state index contributed by atoms with van der Waals surface area (Å²) < 4.78 is 10.0. The van der Waals surface area contributed by atoms with Crippen molar-refractivity contribution in [2.24, 2.45) is 4.99 Å². The number of aliphatic imine (C=N–C) groups is 1. The Morgan fingerprint density at radius 1 is 1.33 bits per heavy atom. The van der Waals surface area contributed by atoms with Gasteiger partial charge in [0, 0.05) is 18.8 Å². The molecule has 1 aliphatic rings. The summed E-state index contributed by atoms with van der Waals surface area (Å²) in [6.07, 6.45) is 1.11. The molecule has 2 heterocycles. The maximum atomic E-state index is 11.5. The minimum Gasteiger partial charge on any atom is -0.497 e. The molecule has 27 heavy (non-hydrogen) atoms. The second kappa shape index (κ2) is 8.39. The fraction of sp³-hybridized carbons (Fsp3) is 0.316. The molecule has 0 saturated heterocycles. The van der Waals surface area contributed by atoms with Gasteiger partial charge < -0.3 is 19.7 Å². The lowest BCUT2D eigenvalue weighted by atomic mass is 10.2. The van der Waals surface area contributed by atoms with E-state index in [1.165, 1.54) is 0 Å². The molecule has 0 bridgehead atoms. The number of rotatable bonds is 6. The van der Waals surface area contributed by atoms with Crippen LogP contribution in [0.3, 0.4) is 0 Å². The molecular weight excluding hydrogens is 346 g/mol. The van der Waals surface area contributed by atoms with Gasteiger partial charge in [-0.15, -0.1) is 0 Å². The number of nitrogens with zero attached hydrogens (tertiary/aromatic N) is 3. The Bertz CT molecular complexity index is 836. The number of ether oxygens (including phenoxy) is 2. The molecule has 1 aromatic heterocycles. The van der Waals surface area contributed by atoms with Crippen molar-refractivity contribution in [2.45, 2.75) is 6.92 Å². The van der Waals surface area contributed by atoms with Crippen LogP contribution in [0.2, 0.25) is 0 Å². The van der Waals surface area contributed by atoms with Crippen molar-refractivity contribution in [1.29, 1.82) is 0 Å². The van der Waals surface area contributed by atoms with Gasteiger partial charge >= 0.3 is 6.09 Å². The highest BCUT2D eigenvalue weighted by Gasteiger charge is 2.15. The van der Waals surface area contributed by atoms with Crippen LogP contribution in [0, 0.1) is 0 Å². The van der Waals surface area contributed by atoms with E-state index in [2.05, 4.69) is 25.5 Å². The Kier molecular flexibility index (Phi) is 5.75. The molecule has 0 radical (unpaired) electrons. The highest BCUT2D eigenvalue weighted by Crippen LogP contribution is 2.29. The van der Waals surface area contributed by atoms with Crippen molar-refractivity contribution in [2.75, 3.05) is 49.4 Å². The molecule has 8 heteroatoms. The van der Waals surface area contributed by atoms with Gasteiger partial charge in [0.25, 0.3) is 0 Å². The van der Waals surface area contributed by atoms with Crippen LogP contribution in [0.1, 0.15) is 6.92 Å². The fourth-order valence-corrected chi connectivity index (χ4v) is 2.72. The number of fused-ring (bicyclic) bond motifs is 1. The van der Waals surface area contributed by atoms with E-state index >= 15 is 0 Å². The standard InChI is InChI=1S/C19H23N5O3/c1-4-27-19(25)23-18-9-16-17(11-21-18)22-13(10-20-16)12-24(2)14-5-7-15(26-3)8-6-14/h5-9,11,20H,4,10,12H2,1-3H3,(H,21,23,25). The molecule has 0 atom stereocenters. The minimum absolute atomic E-state index is 0.310. The number of hydrogen-bond donors (Lipinski definition) is 2. The van der Waals surface area contributed by atoms with E-state index in [0.717, 1.165) is 28.5 Å². The lowest BCUT2D eigenvalue weighted by Crippen LogP contribution is -2.31. The van der Waals surface area contributed by atoms with Gasteiger partial charge in [0.1, 0.15) is 17.3 Å². The van der Waals surface area contributed by atoms with Crippen LogP contribution >= 0.6 is 0 Å². The molecule has 1 amide bonds. The third-order valence-corrected chi connectivity index (χ3v) is 4.08. The van der Waals surface area contributed by atoms with Crippen molar-refractivity contribution in [3.05, 3.63) is 36.5 Å². The zero-order chi connectivity index (χ0) is 19.2. The lowest BCUT2D eigenvalue weighted by molar-refractivity contribution is 0.168. The molecular formula is C19H23N5O3. The topological polar surface area (TPSA) is 88.1 Å². The normalized spacial score (nSPS) is 12.3. The first kappa shape index (κ1) is 18.5. The molecule has 0 unspecified atom stereocenters. The number of pyridine rings is 1. The van der Waals surface area contributed by atoms with Crippen LogP contribution in [0.15, 0.2) is 41.5 Å². The Balaban J connectivity index is 1.67. The number of carbonyl (C=O) groups is 1. The smallest absolute Gasteiger partial charge is 0.412 e. The van der Waals surface area contributed by atoms with E-state index in [1.807, 2.05) is 31.3 Å². The van der Waals surface area contributed by atoms with Crippen LogP contribution in [-0.4, -0.2) is 50.6 Å². The summed E-state index contributed by atoms with van der Waals surface area (Å²) in [4.78, 5) is 22.5. The first-order valence-electron chi connectivity index (χ1n) is 8.68. The third kappa shape index (κ3) is 4.66. The summed E-state index contributed by atoms with van der Waals surface area (Å²) in [6.45, 7) is 3.36. The van der Waals surface area contributed by atoms with Crippen LogP contribution in [0.5, 0.6) is 5.75 Å². The van der Waals surface area contributed by atoms with Gasteiger partial charge in [0.15, 0.2) is 0 Å².